The molecule has 156 valence electrons. The average molecular weight is 427 g/mol. The van der Waals surface area contributed by atoms with Crippen molar-refractivity contribution in [2.45, 2.75) is 25.4 Å². The van der Waals surface area contributed by atoms with Gasteiger partial charge in [0.1, 0.15) is 0 Å². The molecule has 0 amide bonds. The van der Waals surface area contributed by atoms with E-state index in [1.54, 1.807) is 18.3 Å². The smallest absolute Gasteiger partial charge is 0.335 e. The van der Waals surface area contributed by atoms with E-state index in [9.17, 15) is 9.00 Å². The van der Waals surface area contributed by atoms with Gasteiger partial charge in [-0.3, -0.25) is 0 Å². The number of hydrogen-bond acceptors (Lipinski definition) is 9. The molecule has 0 radical (unpaired) electrons. The quantitative estimate of drug-likeness (QED) is 0.646. The minimum absolute atomic E-state index is 0.0882. The monoisotopic (exact) mass is 427 g/mol. The van der Waals surface area contributed by atoms with Crippen LogP contribution >= 0.6 is 0 Å². The van der Waals surface area contributed by atoms with Crippen LogP contribution in [0.1, 0.15) is 35.3 Å². The molecule has 3 N–H and O–H groups in total. The fourth-order valence-electron chi connectivity index (χ4n) is 3.33. The van der Waals surface area contributed by atoms with Crippen LogP contribution in [0.25, 0.3) is 0 Å². The summed E-state index contributed by atoms with van der Waals surface area (Å²) in [6.45, 7) is 3.42. The van der Waals surface area contributed by atoms with Gasteiger partial charge in [0.05, 0.1) is 11.6 Å². The second kappa shape index (κ2) is 8.57. The Hall–Kier alpha value is -3.34. The van der Waals surface area contributed by atoms with Gasteiger partial charge in [-0.05, 0) is 43.2 Å². The molecule has 10 nitrogen and oxygen atoms in total. The van der Waals surface area contributed by atoms with E-state index in [1.165, 1.54) is 12.1 Å². The minimum atomic E-state index is -1.52. The number of anilines is 1. The van der Waals surface area contributed by atoms with Crippen molar-refractivity contribution in [3.8, 4) is 0 Å². The van der Waals surface area contributed by atoms with Crippen LogP contribution in [0.3, 0.4) is 0 Å². The number of hydrogen-bond donors (Lipinski definition) is 3. The Balaban J connectivity index is 1.31. The van der Waals surface area contributed by atoms with Crippen LogP contribution in [0.15, 0.2) is 52.8 Å². The van der Waals surface area contributed by atoms with Gasteiger partial charge in [-0.15, -0.1) is 15.3 Å². The van der Waals surface area contributed by atoms with Crippen LogP contribution in [0.4, 0.5) is 5.82 Å². The highest BCUT2D eigenvalue weighted by molar-refractivity contribution is 8.14. The summed E-state index contributed by atoms with van der Waals surface area (Å²) in [4.78, 5) is 13.1. The van der Waals surface area contributed by atoms with Gasteiger partial charge in [0.2, 0.25) is 10.3 Å². The van der Waals surface area contributed by atoms with E-state index in [-0.39, 0.29) is 22.8 Å². The molecule has 1 aromatic carbocycles. The number of aromatic nitrogens is 2. The molecule has 1 fully saturated rings. The van der Waals surface area contributed by atoms with Crippen molar-refractivity contribution in [3.63, 3.8) is 0 Å². The minimum Gasteiger partial charge on any atom is -0.478 e. The number of carboxylic acid groups (broad SMARTS) is 1. The molecular weight excluding hydrogens is 406 g/mol. The third-order valence-electron chi connectivity index (χ3n) is 4.98. The second-order valence-corrected chi connectivity index (χ2v) is 8.34. The zero-order valence-electron chi connectivity index (χ0n) is 16.2. The Kier molecular flexibility index (Phi) is 5.70. The first-order valence-corrected chi connectivity index (χ1v) is 10.6. The Labute approximate surface area is 175 Å². The van der Waals surface area contributed by atoms with Crippen LogP contribution in [0.5, 0.6) is 0 Å². The van der Waals surface area contributed by atoms with Crippen molar-refractivity contribution in [3.05, 3.63) is 53.7 Å². The van der Waals surface area contributed by atoms with E-state index in [2.05, 4.69) is 35.9 Å². The zero-order valence-corrected chi connectivity index (χ0v) is 17.0. The summed E-state index contributed by atoms with van der Waals surface area (Å²) in [6.07, 6.45) is 2.50. The van der Waals surface area contributed by atoms with Crippen molar-refractivity contribution < 1.29 is 14.1 Å². The third-order valence-corrected chi connectivity index (χ3v) is 6.08. The SMILES string of the molecule is C[C@@H](NC1=NN=C(N[C@@H]2CCN(c3cccnn3)C2)S1=O)c1ccc(C(=O)O)cc1. The molecule has 2 aliphatic heterocycles. The highest BCUT2D eigenvalue weighted by Crippen LogP contribution is 2.18. The molecule has 1 aromatic heterocycles. The summed E-state index contributed by atoms with van der Waals surface area (Å²) in [6, 6.07) is 10.2. The number of nitrogens with one attached hydrogen (secondary N) is 2. The summed E-state index contributed by atoms with van der Waals surface area (Å²) >= 11 is 0. The van der Waals surface area contributed by atoms with Crippen LogP contribution in [-0.2, 0) is 10.8 Å². The zero-order chi connectivity index (χ0) is 21.1. The number of carboxylic acids is 1. The topological polar surface area (TPSA) is 132 Å². The predicted molar refractivity (Wildman–Crippen MR) is 114 cm³/mol. The highest BCUT2D eigenvalue weighted by atomic mass is 32.2. The maximum Gasteiger partial charge on any atom is 0.335 e. The van der Waals surface area contributed by atoms with Gasteiger partial charge in [0.25, 0.3) is 0 Å². The standard InChI is InChI=1S/C19H21N7O3S/c1-12(13-4-6-14(7-5-13)17(27)28)21-18-24-25-19(30(18)29)22-15-8-10-26(11-15)16-3-2-9-20-23-16/h2-7,9,12,15H,8,10-11H2,1H3,(H,21,24)(H,22,25)(H,27,28)/t12-,15-,30?/m1/s1. The maximum absolute atomic E-state index is 12.8. The Morgan fingerprint density at radius 1 is 1.23 bits per heavy atom. The van der Waals surface area contributed by atoms with E-state index in [1.807, 2.05) is 19.1 Å². The lowest BCUT2D eigenvalue weighted by Gasteiger charge is -2.18. The van der Waals surface area contributed by atoms with E-state index < -0.39 is 16.8 Å². The van der Waals surface area contributed by atoms with Crippen molar-refractivity contribution in [2.24, 2.45) is 10.2 Å². The van der Waals surface area contributed by atoms with Crippen molar-refractivity contribution in [1.82, 2.24) is 20.8 Å². The first-order valence-electron chi connectivity index (χ1n) is 9.47. The normalized spacial score (nSPS) is 21.7. The molecule has 2 aromatic rings. The van der Waals surface area contributed by atoms with E-state index in [4.69, 9.17) is 5.11 Å². The number of carbonyl (C=O) groups is 1. The second-order valence-electron chi connectivity index (χ2n) is 7.03. The molecule has 11 heteroatoms. The van der Waals surface area contributed by atoms with Crippen molar-refractivity contribution >= 4 is 32.9 Å². The molecule has 3 atom stereocenters. The van der Waals surface area contributed by atoms with Crippen molar-refractivity contribution in [2.75, 3.05) is 18.0 Å². The predicted octanol–water partition coefficient (Wildman–Crippen LogP) is 1.08. The lowest BCUT2D eigenvalue weighted by Crippen LogP contribution is -2.41. The van der Waals surface area contributed by atoms with Crippen molar-refractivity contribution in [1.29, 1.82) is 0 Å². The molecule has 2 aliphatic rings. The van der Waals surface area contributed by atoms with Crippen LogP contribution < -0.4 is 15.5 Å². The summed E-state index contributed by atoms with van der Waals surface area (Å²) in [5.41, 5.74) is 1.08. The van der Waals surface area contributed by atoms with Gasteiger partial charge in [-0.25, -0.2) is 9.00 Å². The van der Waals surface area contributed by atoms with Gasteiger partial charge in [-0.2, -0.15) is 5.10 Å². The van der Waals surface area contributed by atoms with E-state index >= 15 is 0 Å². The molecule has 3 heterocycles. The van der Waals surface area contributed by atoms with E-state index in [0.29, 0.717) is 11.7 Å². The Bertz CT molecular complexity index is 1010. The van der Waals surface area contributed by atoms with Gasteiger partial charge in [0.15, 0.2) is 16.6 Å². The number of rotatable bonds is 5. The first-order chi connectivity index (χ1) is 14.5. The molecule has 0 bridgehead atoms. The number of amidine groups is 2. The average Bonchev–Trinajstić information content (AvgIpc) is 3.37. The molecule has 4 rings (SSSR count). The summed E-state index contributed by atoms with van der Waals surface area (Å²) in [7, 11) is -1.52. The number of benzene rings is 1. The number of nitrogens with zero attached hydrogens (tertiary/aromatic N) is 5. The van der Waals surface area contributed by atoms with Gasteiger partial charge in [-0.1, -0.05) is 12.1 Å². The van der Waals surface area contributed by atoms with Gasteiger partial charge in [0, 0.05) is 25.3 Å². The summed E-state index contributed by atoms with van der Waals surface area (Å²) < 4.78 is 12.8. The fraction of sp³-hybridized carbons (Fsp3) is 0.316. The Morgan fingerprint density at radius 3 is 2.70 bits per heavy atom. The molecule has 1 unspecified atom stereocenters. The van der Waals surface area contributed by atoms with E-state index in [0.717, 1.165) is 24.3 Å². The summed E-state index contributed by atoms with van der Waals surface area (Å²) in [5, 5.41) is 32.0. The Morgan fingerprint density at radius 2 is 2.00 bits per heavy atom. The highest BCUT2D eigenvalue weighted by Gasteiger charge is 2.30. The van der Waals surface area contributed by atoms with Crippen LogP contribution in [-0.4, -0.2) is 54.9 Å². The maximum atomic E-state index is 12.8. The third kappa shape index (κ3) is 4.30. The molecule has 1 saturated heterocycles. The number of aromatic carboxylic acids is 1. The molecule has 0 spiro atoms. The molecular formula is C19H21N7O3S. The van der Waals surface area contributed by atoms with Gasteiger partial charge < -0.3 is 20.6 Å². The fourth-order valence-corrected chi connectivity index (χ4v) is 4.30. The summed E-state index contributed by atoms with van der Waals surface area (Å²) in [5.74, 6) is -0.157. The largest absolute Gasteiger partial charge is 0.478 e. The molecule has 0 aliphatic carbocycles. The molecule has 0 saturated carbocycles. The van der Waals surface area contributed by atoms with Crippen LogP contribution in [0.2, 0.25) is 0 Å². The van der Waals surface area contributed by atoms with Crippen LogP contribution in [0, 0.1) is 0 Å². The first kappa shape index (κ1) is 20.0. The lowest BCUT2D eigenvalue weighted by molar-refractivity contribution is 0.0697. The van der Waals surface area contributed by atoms with Gasteiger partial charge >= 0.3 is 5.97 Å². The lowest BCUT2D eigenvalue weighted by atomic mass is 10.1. The molecule has 30 heavy (non-hydrogen) atoms.